The van der Waals surface area contributed by atoms with Gasteiger partial charge in [-0.2, -0.15) is 4.57 Å². The zero-order chi connectivity index (χ0) is 14.7. The molecule has 0 unspecified atom stereocenters. The van der Waals surface area contributed by atoms with Gasteiger partial charge >= 0.3 is 0 Å². The SMILES string of the molecule is CN(C)C(=O)c1ccc[n+](Cc2ccc(Cl)c(Cl)c2)c1.[Cl-]. The van der Waals surface area contributed by atoms with Crippen molar-refractivity contribution >= 4 is 29.1 Å². The van der Waals surface area contributed by atoms with Crippen molar-refractivity contribution in [3.8, 4) is 0 Å². The molecule has 0 aliphatic rings. The van der Waals surface area contributed by atoms with E-state index in [1.807, 2.05) is 35.2 Å². The molecule has 0 aliphatic carbocycles. The summed E-state index contributed by atoms with van der Waals surface area (Å²) >= 11 is 11.9. The zero-order valence-corrected chi connectivity index (χ0v) is 14.0. The monoisotopic (exact) mass is 344 g/mol. The van der Waals surface area contributed by atoms with Crippen LogP contribution in [0.1, 0.15) is 15.9 Å². The van der Waals surface area contributed by atoms with Gasteiger partial charge in [0.25, 0.3) is 5.91 Å². The van der Waals surface area contributed by atoms with Crippen molar-refractivity contribution in [1.29, 1.82) is 0 Å². The predicted octanol–water partition coefficient (Wildman–Crippen LogP) is 0.0350. The van der Waals surface area contributed by atoms with Crippen molar-refractivity contribution in [2.45, 2.75) is 6.54 Å². The number of aromatic nitrogens is 1. The molecule has 112 valence electrons. The Hall–Kier alpha value is -1.29. The minimum atomic E-state index is -0.0199. The van der Waals surface area contributed by atoms with Crippen LogP contribution in [0.4, 0.5) is 0 Å². The largest absolute Gasteiger partial charge is 1.00 e. The first-order valence-corrected chi connectivity index (χ1v) is 6.87. The van der Waals surface area contributed by atoms with Crippen LogP contribution in [0.2, 0.25) is 10.0 Å². The molecule has 0 atom stereocenters. The number of benzene rings is 1. The Kier molecular flexibility index (Phi) is 6.46. The van der Waals surface area contributed by atoms with Gasteiger partial charge in [0.15, 0.2) is 18.9 Å². The van der Waals surface area contributed by atoms with Gasteiger partial charge in [-0.1, -0.05) is 29.3 Å². The maximum Gasteiger partial charge on any atom is 0.259 e. The number of rotatable bonds is 3. The van der Waals surface area contributed by atoms with E-state index in [1.54, 1.807) is 31.1 Å². The molecule has 1 aromatic carbocycles. The van der Waals surface area contributed by atoms with Crippen LogP contribution < -0.4 is 17.0 Å². The summed E-state index contributed by atoms with van der Waals surface area (Å²) in [6.45, 7) is 0.630. The van der Waals surface area contributed by atoms with Gasteiger partial charge in [0.2, 0.25) is 0 Å². The van der Waals surface area contributed by atoms with Gasteiger partial charge in [-0.15, -0.1) is 0 Å². The Morgan fingerprint density at radius 1 is 1.19 bits per heavy atom. The topological polar surface area (TPSA) is 24.2 Å². The number of carbonyl (C=O) groups excluding carboxylic acids is 1. The van der Waals surface area contributed by atoms with Gasteiger partial charge in [-0.3, -0.25) is 4.79 Å². The van der Waals surface area contributed by atoms with Gasteiger partial charge < -0.3 is 17.3 Å². The molecule has 6 heteroatoms. The fourth-order valence-corrected chi connectivity index (χ4v) is 2.17. The molecule has 0 saturated carbocycles. The molecule has 2 aromatic rings. The highest BCUT2D eigenvalue weighted by Crippen LogP contribution is 2.22. The molecule has 0 bridgehead atoms. The van der Waals surface area contributed by atoms with E-state index in [0.29, 0.717) is 22.2 Å². The third-order valence-corrected chi connectivity index (χ3v) is 3.60. The van der Waals surface area contributed by atoms with Gasteiger partial charge in [0.05, 0.1) is 10.0 Å². The quantitative estimate of drug-likeness (QED) is 0.721. The first-order chi connectivity index (χ1) is 9.47. The van der Waals surface area contributed by atoms with Gasteiger partial charge in [0.1, 0.15) is 5.56 Å². The van der Waals surface area contributed by atoms with E-state index in [1.165, 1.54) is 0 Å². The molecule has 0 radical (unpaired) electrons. The van der Waals surface area contributed by atoms with E-state index in [-0.39, 0.29) is 18.3 Å². The molecule has 0 spiro atoms. The van der Waals surface area contributed by atoms with Crippen molar-refractivity contribution in [3.05, 3.63) is 63.9 Å². The molecule has 1 aromatic heterocycles. The molecule has 1 heterocycles. The fourth-order valence-electron chi connectivity index (χ4n) is 1.85. The number of nitrogens with zero attached hydrogens (tertiary/aromatic N) is 2. The van der Waals surface area contributed by atoms with Crippen LogP contribution in [-0.4, -0.2) is 24.9 Å². The van der Waals surface area contributed by atoms with Gasteiger partial charge in [0, 0.05) is 25.7 Å². The van der Waals surface area contributed by atoms with Crippen molar-refractivity contribution in [3.63, 3.8) is 0 Å². The van der Waals surface area contributed by atoms with Crippen LogP contribution >= 0.6 is 23.2 Å². The lowest BCUT2D eigenvalue weighted by molar-refractivity contribution is -0.688. The molecule has 0 saturated heterocycles. The summed E-state index contributed by atoms with van der Waals surface area (Å²) in [6, 6.07) is 9.18. The van der Waals surface area contributed by atoms with E-state index in [4.69, 9.17) is 23.2 Å². The Morgan fingerprint density at radius 2 is 1.90 bits per heavy atom. The Balaban J connectivity index is 0.00000220. The van der Waals surface area contributed by atoms with Crippen molar-refractivity contribution in [2.24, 2.45) is 0 Å². The maximum absolute atomic E-state index is 11.9. The van der Waals surface area contributed by atoms with E-state index in [2.05, 4.69) is 0 Å². The highest BCUT2D eigenvalue weighted by Gasteiger charge is 2.13. The molecule has 21 heavy (non-hydrogen) atoms. The van der Waals surface area contributed by atoms with Crippen LogP contribution in [0.5, 0.6) is 0 Å². The van der Waals surface area contributed by atoms with Crippen LogP contribution in [0.3, 0.4) is 0 Å². The molecule has 0 N–H and O–H groups in total. The molecule has 1 amide bonds. The van der Waals surface area contributed by atoms with E-state index < -0.39 is 0 Å². The summed E-state index contributed by atoms with van der Waals surface area (Å²) in [5.74, 6) is -0.0199. The number of pyridine rings is 1. The summed E-state index contributed by atoms with van der Waals surface area (Å²) in [5, 5.41) is 1.07. The molecule has 0 aliphatic heterocycles. The molecular weight excluding hydrogens is 331 g/mol. The molecule has 2 rings (SSSR count). The number of amides is 1. The minimum Gasteiger partial charge on any atom is -1.00 e. The first kappa shape index (κ1) is 17.8. The second-order valence-corrected chi connectivity index (χ2v) is 5.53. The highest BCUT2D eigenvalue weighted by molar-refractivity contribution is 6.42. The van der Waals surface area contributed by atoms with Crippen molar-refractivity contribution < 1.29 is 21.8 Å². The summed E-state index contributed by atoms with van der Waals surface area (Å²) in [7, 11) is 3.47. The number of carbonyl (C=O) groups is 1. The third-order valence-electron chi connectivity index (χ3n) is 2.86. The summed E-state index contributed by atoms with van der Waals surface area (Å²) in [6.07, 6.45) is 3.74. The second kappa shape index (κ2) is 7.64. The predicted molar refractivity (Wildman–Crippen MR) is 80.2 cm³/mol. The lowest BCUT2D eigenvalue weighted by atomic mass is 10.2. The van der Waals surface area contributed by atoms with Crippen molar-refractivity contribution in [2.75, 3.05) is 14.1 Å². The Labute approximate surface area is 140 Å². The third kappa shape index (κ3) is 4.60. The standard InChI is InChI=1S/C15H15Cl2N2O.ClH/c1-18(2)15(20)12-4-3-7-19(10-12)9-11-5-6-13(16)14(17)8-11;/h3-8,10H,9H2,1-2H3;1H/q+1;/p-1. The van der Waals surface area contributed by atoms with Crippen LogP contribution in [0, 0.1) is 0 Å². The smallest absolute Gasteiger partial charge is 0.259 e. The molecular formula is C15H15Cl3N2O. The first-order valence-electron chi connectivity index (χ1n) is 6.12. The zero-order valence-electron chi connectivity index (χ0n) is 11.7. The van der Waals surface area contributed by atoms with Gasteiger partial charge in [-0.25, -0.2) is 0 Å². The highest BCUT2D eigenvalue weighted by atomic mass is 35.5. The summed E-state index contributed by atoms with van der Waals surface area (Å²) < 4.78 is 1.94. The second-order valence-electron chi connectivity index (χ2n) is 4.71. The average molecular weight is 346 g/mol. The van der Waals surface area contributed by atoms with Crippen LogP contribution in [0.15, 0.2) is 42.7 Å². The lowest BCUT2D eigenvalue weighted by Gasteiger charge is -2.09. The van der Waals surface area contributed by atoms with E-state index in [0.717, 1.165) is 5.56 Å². The minimum absolute atomic E-state index is 0. The number of hydrogen-bond donors (Lipinski definition) is 0. The Bertz CT molecular complexity index is 645. The van der Waals surface area contributed by atoms with E-state index >= 15 is 0 Å². The Morgan fingerprint density at radius 3 is 2.52 bits per heavy atom. The summed E-state index contributed by atoms with van der Waals surface area (Å²) in [4.78, 5) is 13.5. The van der Waals surface area contributed by atoms with Gasteiger partial charge in [-0.05, 0) is 18.2 Å². The number of hydrogen-bond acceptors (Lipinski definition) is 1. The molecule has 3 nitrogen and oxygen atoms in total. The number of halogens is 3. The average Bonchev–Trinajstić information content (AvgIpc) is 2.42. The maximum atomic E-state index is 11.9. The summed E-state index contributed by atoms with van der Waals surface area (Å²) in [5.41, 5.74) is 1.68. The normalized spacial score (nSPS) is 9.90. The van der Waals surface area contributed by atoms with Crippen LogP contribution in [-0.2, 0) is 6.54 Å². The lowest BCUT2D eigenvalue weighted by Crippen LogP contribution is -3.00. The van der Waals surface area contributed by atoms with Crippen molar-refractivity contribution in [1.82, 2.24) is 4.90 Å². The van der Waals surface area contributed by atoms with E-state index in [9.17, 15) is 4.79 Å². The molecule has 0 fully saturated rings. The van der Waals surface area contributed by atoms with Crippen LogP contribution in [0.25, 0.3) is 0 Å². The fraction of sp³-hybridized carbons (Fsp3) is 0.200.